The summed E-state index contributed by atoms with van der Waals surface area (Å²) in [5.74, 6) is -2.08. The van der Waals surface area contributed by atoms with E-state index in [0.717, 1.165) is 31.9 Å². The number of benzene rings is 2. The molecule has 2 aromatic carbocycles. The van der Waals surface area contributed by atoms with Gasteiger partial charge < -0.3 is 30.9 Å². The van der Waals surface area contributed by atoms with Crippen LogP contribution in [0.15, 0.2) is 48.5 Å². The number of phenolic OH excluding ortho intramolecular Hbond substituents is 1. The number of aryl methyl sites for hydroxylation is 1. The monoisotopic (exact) mass is 681 g/mol. The Morgan fingerprint density at radius 1 is 0.898 bits per heavy atom. The van der Waals surface area contributed by atoms with Gasteiger partial charge in [-0.05, 0) is 72.8 Å². The summed E-state index contributed by atoms with van der Waals surface area (Å²) in [5, 5.41) is 27.3. The molecule has 2 heterocycles. The van der Waals surface area contributed by atoms with Gasteiger partial charge in [-0.3, -0.25) is 24.2 Å². The summed E-state index contributed by atoms with van der Waals surface area (Å²) < 4.78 is 5.83. The molecular formula is C37H55N5O7. The summed E-state index contributed by atoms with van der Waals surface area (Å²) in [7, 11) is 2.61. The number of hydrogen-bond acceptors (Lipinski definition) is 8. The maximum atomic E-state index is 14.0. The molecule has 2 aliphatic heterocycles. The van der Waals surface area contributed by atoms with Crippen LogP contribution >= 0.6 is 0 Å². The van der Waals surface area contributed by atoms with Crippen molar-refractivity contribution in [3.8, 4) is 5.75 Å². The number of aliphatic hydroxyl groups is 1. The number of amides is 4. The predicted octanol–water partition coefficient (Wildman–Crippen LogP) is 2.60. The topological polar surface area (TPSA) is 169 Å². The standard InChI is InChI=1S/C36H51N5O6.CH4O/c1-22(2)31-35(45)38-30(20-26-13-8-15-28(42)19-26)36(46)41-17-9-16-29(40-41)34(44)37-21-27-14-7-12-25(18-27)11-6-10-23(3)32(47-5)24(4)33(43)39-31;1-2/h7-8,12-15,18-19,22-24,29-32,40,42H,6,9-11,16-17,20-21H2,1-5H3,(H,37,44)(H,38,45)(H,39,43);2H,1H3. The minimum absolute atomic E-state index is 0.0429. The van der Waals surface area contributed by atoms with Crippen LogP contribution in [0.4, 0.5) is 0 Å². The molecule has 4 amide bonds. The lowest BCUT2D eigenvalue weighted by molar-refractivity contribution is -0.144. The Bertz CT molecular complexity index is 1400. The third-order valence-corrected chi connectivity index (χ3v) is 9.30. The van der Waals surface area contributed by atoms with Crippen LogP contribution in [0.2, 0.25) is 0 Å². The van der Waals surface area contributed by atoms with Gasteiger partial charge in [-0.25, -0.2) is 5.43 Å². The molecule has 2 aliphatic rings. The van der Waals surface area contributed by atoms with Crippen LogP contribution in [0.5, 0.6) is 5.75 Å². The van der Waals surface area contributed by atoms with Crippen LogP contribution in [0, 0.1) is 17.8 Å². The van der Waals surface area contributed by atoms with Gasteiger partial charge in [0.05, 0.1) is 12.0 Å². The molecule has 12 heteroatoms. The fourth-order valence-electron chi connectivity index (χ4n) is 6.60. The first kappa shape index (κ1) is 39.4. The number of fused-ring (bicyclic) bond motifs is 4. The van der Waals surface area contributed by atoms with Crippen molar-refractivity contribution in [1.29, 1.82) is 0 Å². The van der Waals surface area contributed by atoms with Crippen molar-refractivity contribution >= 4 is 23.6 Å². The predicted molar refractivity (Wildman–Crippen MR) is 187 cm³/mol. The second kappa shape index (κ2) is 19.3. The molecule has 4 rings (SSSR count). The lowest BCUT2D eigenvalue weighted by Crippen LogP contribution is -2.63. The second-order valence-corrected chi connectivity index (χ2v) is 13.4. The molecule has 6 N–H and O–H groups in total. The van der Waals surface area contributed by atoms with Gasteiger partial charge in [0, 0.05) is 33.7 Å². The van der Waals surface area contributed by atoms with Gasteiger partial charge in [-0.15, -0.1) is 0 Å². The second-order valence-electron chi connectivity index (χ2n) is 13.4. The number of hydrogen-bond donors (Lipinski definition) is 6. The summed E-state index contributed by atoms with van der Waals surface area (Å²) >= 11 is 0. The highest BCUT2D eigenvalue weighted by Crippen LogP contribution is 2.23. The molecule has 270 valence electrons. The number of aromatic hydroxyl groups is 1. The lowest BCUT2D eigenvalue weighted by Gasteiger charge is -2.36. The number of methoxy groups -OCH3 is 1. The first-order valence-corrected chi connectivity index (χ1v) is 17.3. The molecule has 1 fully saturated rings. The van der Waals surface area contributed by atoms with E-state index in [4.69, 9.17) is 9.84 Å². The van der Waals surface area contributed by atoms with E-state index in [1.54, 1.807) is 25.3 Å². The van der Waals surface area contributed by atoms with E-state index in [1.165, 1.54) is 16.6 Å². The Balaban J connectivity index is 0.00000319. The number of ether oxygens (including phenoxy) is 1. The molecule has 0 aliphatic carbocycles. The van der Waals surface area contributed by atoms with Crippen LogP contribution < -0.4 is 21.4 Å². The van der Waals surface area contributed by atoms with Crippen molar-refractivity contribution < 1.29 is 34.1 Å². The number of rotatable bonds is 4. The number of carbonyl (C=O) groups excluding carboxylic acids is 4. The molecule has 4 bridgehead atoms. The zero-order valence-corrected chi connectivity index (χ0v) is 29.7. The number of nitrogens with zero attached hydrogens (tertiary/aromatic N) is 1. The van der Waals surface area contributed by atoms with E-state index in [9.17, 15) is 24.3 Å². The number of phenols is 1. The third-order valence-electron chi connectivity index (χ3n) is 9.30. The fourth-order valence-corrected chi connectivity index (χ4v) is 6.60. The van der Waals surface area contributed by atoms with E-state index in [1.807, 2.05) is 32.9 Å². The first-order chi connectivity index (χ1) is 23.5. The van der Waals surface area contributed by atoms with Gasteiger partial charge in [0.15, 0.2) is 0 Å². The number of aliphatic hydroxyl groups excluding tert-OH is 1. The van der Waals surface area contributed by atoms with Crippen LogP contribution in [0.3, 0.4) is 0 Å². The van der Waals surface area contributed by atoms with Crippen molar-refractivity contribution in [1.82, 2.24) is 26.4 Å². The highest BCUT2D eigenvalue weighted by atomic mass is 16.5. The number of hydrazine groups is 1. The highest BCUT2D eigenvalue weighted by Gasteiger charge is 2.36. The molecule has 0 aromatic heterocycles. The average molecular weight is 682 g/mol. The van der Waals surface area contributed by atoms with Crippen molar-refractivity contribution in [3.05, 3.63) is 65.2 Å². The molecule has 2 aromatic rings. The molecule has 1 saturated heterocycles. The summed E-state index contributed by atoms with van der Waals surface area (Å²) in [4.78, 5) is 54.7. The highest BCUT2D eigenvalue weighted by molar-refractivity contribution is 5.93. The Morgan fingerprint density at radius 3 is 2.31 bits per heavy atom. The molecular weight excluding hydrogens is 626 g/mol. The average Bonchev–Trinajstić information content (AvgIpc) is 3.09. The van der Waals surface area contributed by atoms with Crippen LogP contribution in [-0.4, -0.2) is 83.8 Å². The molecule has 6 atom stereocenters. The first-order valence-electron chi connectivity index (χ1n) is 17.3. The van der Waals surface area contributed by atoms with Crippen molar-refractivity contribution in [2.45, 2.75) is 97.0 Å². The Morgan fingerprint density at radius 2 is 1.61 bits per heavy atom. The smallest absolute Gasteiger partial charge is 0.259 e. The normalized spacial score (nSPS) is 26.2. The van der Waals surface area contributed by atoms with E-state index >= 15 is 0 Å². The number of nitrogens with one attached hydrogen (secondary N) is 4. The molecule has 49 heavy (non-hydrogen) atoms. The third kappa shape index (κ3) is 11.3. The maximum absolute atomic E-state index is 14.0. The SMILES string of the molecule is CO.COC1C(C)CCCc2cccc(c2)CNC(=O)C2CCCN(N2)C(=O)C(Cc2cccc(O)c2)NC(=O)C(C(C)C)NC(=O)C1C. The molecule has 6 unspecified atom stereocenters. The van der Waals surface area contributed by atoms with Gasteiger partial charge >= 0.3 is 0 Å². The van der Waals surface area contributed by atoms with Gasteiger partial charge in [0.25, 0.3) is 5.91 Å². The van der Waals surface area contributed by atoms with Gasteiger partial charge in [0.2, 0.25) is 17.7 Å². The molecule has 0 radical (unpaired) electrons. The summed E-state index contributed by atoms with van der Waals surface area (Å²) in [6, 6.07) is 12.1. The minimum atomic E-state index is -1.03. The zero-order chi connectivity index (χ0) is 36.1. The van der Waals surface area contributed by atoms with Crippen molar-refractivity contribution in [2.24, 2.45) is 17.8 Å². The van der Waals surface area contributed by atoms with E-state index in [-0.39, 0.29) is 41.9 Å². The lowest BCUT2D eigenvalue weighted by atomic mass is 9.87. The quantitative estimate of drug-likeness (QED) is 0.286. The van der Waals surface area contributed by atoms with Gasteiger partial charge in [0.1, 0.15) is 23.9 Å². The van der Waals surface area contributed by atoms with E-state index in [0.29, 0.717) is 31.5 Å². The molecule has 0 saturated carbocycles. The van der Waals surface area contributed by atoms with E-state index < -0.39 is 35.9 Å². The Kier molecular flexibility index (Phi) is 15.5. The number of carbonyl (C=O) groups is 4. The van der Waals surface area contributed by atoms with Crippen LogP contribution in [0.1, 0.15) is 70.1 Å². The van der Waals surface area contributed by atoms with Crippen LogP contribution in [-0.2, 0) is 43.3 Å². The largest absolute Gasteiger partial charge is 0.508 e. The minimum Gasteiger partial charge on any atom is -0.508 e. The fraction of sp³-hybridized carbons (Fsp3) is 0.568. The zero-order valence-electron chi connectivity index (χ0n) is 29.7. The Labute approximate surface area is 290 Å². The van der Waals surface area contributed by atoms with E-state index in [2.05, 4.69) is 40.4 Å². The maximum Gasteiger partial charge on any atom is 0.259 e. The molecule has 0 spiro atoms. The van der Waals surface area contributed by atoms with Gasteiger partial charge in [-0.1, -0.05) is 64.1 Å². The Hall–Kier alpha value is -4.00. The molecule has 12 nitrogen and oxygen atoms in total. The van der Waals surface area contributed by atoms with Crippen molar-refractivity contribution in [3.63, 3.8) is 0 Å². The summed E-state index contributed by atoms with van der Waals surface area (Å²) in [6.45, 7) is 8.29. The van der Waals surface area contributed by atoms with Gasteiger partial charge in [-0.2, -0.15) is 0 Å². The van der Waals surface area contributed by atoms with Crippen LogP contribution in [0.25, 0.3) is 0 Å². The summed E-state index contributed by atoms with van der Waals surface area (Å²) in [5.41, 5.74) is 5.89. The van der Waals surface area contributed by atoms with Crippen molar-refractivity contribution in [2.75, 3.05) is 20.8 Å². The summed E-state index contributed by atoms with van der Waals surface area (Å²) in [6.07, 6.45) is 3.49.